The van der Waals surface area contributed by atoms with Gasteiger partial charge in [0.1, 0.15) is 18.3 Å². The van der Waals surface area contributed by atoms with Crippen LogP contribution < -0.4 is 0 Å². The molecule has 3 rings (SSSR count). The van der Waals surface area contributed by atoms with Gasteiger partial charge in [-0.15, -0.1) is 0 Å². The minimum atomic E-state index is -1.36. The second-order valence-electron chi connectivity index (χ2n) is 5.28. The van der Waals surface area contributed by atoms with Gasteiger partial charge in [-0.1, -0.05) is 48.0 Å². The quantitative estimate of drug-likeness (QED) is 0.754. The van der Waals surface area contributed by atoms with Gasteiger partial charge >= 0.3 is 0 Å². The first kappa shape index (κ1) is 15.7. The van der Waals surface area contributed by atoms with Gasteiger partial charge in [-0.25, -0.2) is 9.67 Å². The van der Waals surface area contributed by atoms with Crippen LogP contribution in [-0.2, 0) is 18.8 Å². The number of hydrogen-bond acceptors (Lipinski definition) is 4. The fourth-order valence-electron chi connectivity index (χ4n) is 2.67. The van der Waals surface area contributed by atoms with Crippen LogP contribution in [-0.4, -0.2) is 25.0 Å². The van der Waals surface area contributed by atoms with Crippen LogP contribution >= 0.6 is 11.6 Å². The SMILES string of the molecule is OCc1ccccc1[C@](O)(Cn1cncn1)c1ccc(Cl)cc1. The summed E-state index contributed by atoms with van der Waals surface area (Å²) in [5.41, 5.74) is 0.584. The molecular formula is C17H16ClN3O2. The summed E-state index contributed by atoms with van der Waals surface area (Å²) < 4.78 is 1.56. The van der Waals surface area contributed by atoms with Crippen LogP contribution in [0.1, 0.15) is 16.7 Å². The summed E-state index contributed by atoms with van der Waals surface area (Å²) >= 11 is 5.96. The van der Waals surface area contributed by atoms with Crippen molar-refractivity contribution in [3.63, 3.8) is 0 Å². The van der Waals surface area contributed by atoms with Crippen molar-refractivity contribution >= 4 is 11.6 Å². The Kier molecular flexibility index (Phi) is 4.43. The second-order valence-corrected chi connectivity index (χ2v) is 5.71. The molecule has 0 fully saturated rings. The maximum atomic E-state index is 11.5. The zero-order valence-corrected chi connectivity index (χ0v) is 13.1. The summed E-state index contributed by atoms with van der Waals surface area (Å²) in [6, 6.07) is 14.2. The van der Waals surface area contributed by atoms with Crippen molar-refractivity contribution in [1.29, 1.82) is 0 Å². The molecule has 0 aliphatic rings. The Morgan fingerprint density at radius 2 is 1.83 bits per heavy atom. The Morgan fingerprint density at radius 1 is 1.09 bits per heavy atom. The van der Waals surface area contributed by atoms with Gasteiger partial charge in [0.15, 0.2) is 0 Å². The van der Waals surface area contributed by atoms with Gasteiger partial charge < -0.3 is 10.2 Å². The van der Waals surface area contributed by atoms with Gasteiger partial charge in [-0.05, 0) is 28.8 Å². The van der Waals surface area contributed by atoms with Crippen LogP contribution in [0.3, 0.4) is 0 Å². The Hall–Kier alpha value is -2.21. The van der Waals surface area contributed by atoms with Crippen LogP contribution in [0.2, 0.25) is 5.02 Å². The highest BCUT2D eigenvalue weighted by molar-refractivity contribution is 6.30. The minimum Gasteiger partial charge on any atom is -0.392 e. The van der Waals surface area contributed by atoms with Crippen LogP contribution in [0.25, 0.3) is 0 Å². The third kappa shape index (κ3) is 3.12. The topological polar surface area (TPSA) is 71.2 Å². The average Bonchev–Trinajstić information content (AvgIpc) is 3.08. The number of halogens is 1. The summed E-state index contributed by atoms with van der Waals surface area (Å²) in [5, 5.41) is 25.8. The van der Waals surface area contributed by atoms with Gasteiger partial charge in [0, 0.05) is 5.02 Å². The van der Waals surface area contributed by atoms with E-state index in [4.69, 9.17) is 11.6 Å². The van der Waals surface area contributed by atoms with Crippen molar-refractivity contribution in [3.8, 4) is 0 Å². The monoisotopic (exact) mass is 329 g/mol. The van der Waals surface area contributed by atoms with Crippen LogP contribution in [0, 0.1) is 0 Å². The molecule has 0 spiro atoms. The molecule has 1 aromatic heterocycles. The Labute approximate surface area is 138 Å². The molecule has 118 valence electrons. The second kappa shape index (κ2) is 6.50. The number of rotatable bonds is 5. The lowest BCUT2D eigenvalue weighted by Crippen LogP contribution is -2.34. The first-order valence-electron chi connectivity index (χ1n) is 7.13. The molecule has 1 heterocycles. The highest BCUT2D eigenvalue weighted by Crippen LogP contribution is 2.34. The zero-order valence-electron chi connectivity index (χ0n) is 12.3. The molecule has 3 aromatic rings. The molecule has 6 heteroatoms. The maximum absolute atomic E-state index is 11.5. The van der Waals surface area contributed by atoms with Crippen LogP contribution in [0.4, 0.5) is 0 Å². The van der Waals surface area contributed by atoms with E-state index in [1.54, 1.807) is 47.4 Å². The van der Waals surface area contributed by atoms with Crippen molar-refractivity contribution in [2.75, 3.05) is 0 Å². The van der Waals surface area contributed by atoms with Gasteiger partial charge in [0.05, 0.1) is 13.2 Å². The highest BCUT2D eigenvalue weighted by atomic mass is 35.5. The van der Waals surface area contributed by atoms with Crippen molar-refractivity contribution in [2.45, 2.75) is 18.8 Å². The van der Waals surface area contributed by atoms with Crippen molar-refractivity contribution in [3.05, 3.63) is 82.9 Å². The Morgan fingerprint density at radius 3 is 2.48 bits per heavy atom. The van der Waals surface area contributed by atoms with E-state index in [0.29, 0.717) is 21.7 Å². The summed E-state index contributed by atoms with van der Waals surface area (Å²) in [7, 11) is 0. The van der Waals surface area contributed by atoms with Crippen LogP contribution in [0.5, 0.6) is 0 Å². The molecular weight excluding hydrogens is 314 g/mol. The van der Waals surface area contributed by atoms with Crippen molar-refractivity contribution < 1.29 is 10.2 Å². The molecule has 1 atom stereocenters. The van der Waals surface area contributed by atoms with Crippen molar-refractivity contribution in [1.82, 2.24) is 14.8 Å². The molecule has 0 saturated carbocycles. The predicted molar refractivity (Wildman–Crippen MR) is 86.8 cm³/mol. The molecule has 0 unspecified atom stereocenters. The lowest BCUT2D eigenvalue weighted by Gasteiger charge is -2.31. The van der Waals surface area contributed by atoms with E-state index in [1.807, 2.05) is 12.1 Å². The Balaban J connectivity index is 2.14. The molecule has 0 aliphatic carbocycles. The molecule has 2 N–H and O–H groups in total. The molecule has 2 aromatic carbocycles. The van der Waals surface area contributed by atoms with Gasteiger partial charge in [-0.2, -0.15) is 5.10 Å². The summed E-state index contributed by atoms with van der Waals surface area (Å²) in [6.45, 7) is 0.00900. The van der Waals surface area contributed by atoms with Gasteiger partial charge in [0.25, 0.3) is 0 Å². The standard InChI is InChI=1S/C17H16ClN3O2/c18-15-7-5-14(6-8-15)17(23,10-21-12-19-11-20-21)16-4-2-1-3-13(16)9-22/h1-8,11-12,22-23H,9-10H2/t17-/m0/s1. The number of benzene rings is 2. The number of hydrogen-bond donors (Lipinski definition) is 2. The first-order valence-corrected chi connectivity index (χ1v) is 7.51. The normalized spacial score (nSPS) is 13.7. The number of aliphatic hydroxyl groups is 2. The van der Waals surface area contributed by atoms with Crippen molar-refractivity contribution in [2.24, 2.45) is 0 Å². The largest absolute Gasteiger partial charge is 0.392 e. The minimum absolute atomic E-state index is 0.163. The number of aliphatic hydroxyl groups excluding tert-OH is 1. The molecule has 0 aliphatic heterocycles. The fourth-order valence-corrected chi connectivity index (χ4v) is 2.79. The predicted octanol–water partition coefficient (Wildman–Crippen LogP) is 2.36. The lowest BCUT2D eigenvalue weighted by molar-refractivity contribution is 0.0550. The smallest absolute Gasteiger partial charge is 0.137 e. The van der Waals surface area contributed by atoms with E-state index in [9.17, 15) is 10.2 Å². The molecule has 0 bridgehead atoms. The third-order valence-electron chi connectivity index (χ3n) is 3.81. The molecule has 0 amide bonds. The van der Waals surface area contributed by atoms with E-state index >= 15 is 0 Å². The van der Waals surface area contributed by atoms with E-state index < -0.39 is 5.60 Å². The fraction of sp³-hybridized carbons (Fsp3) is 0.176. The summed E-state index contributed by atoms with van der Waals surface area (Å²) in [5.74, 6) is 0. The van der Waals surface area contributed by atoms with E-state index in [1.165, 1.54) is 6.33 Å². The summed E-state index contributed by atoms with van der Waals surface area (Å²) in [6.07, 6.45) is 2.96. The molecule has 5 nitrogen and oxygen atoms in total. The average molecular weight is 330 g/mol. The van der Waals surface area contributed by atoms with Gasteiger partial charge in [-0.3, -0.25) is 0 Å². The first-order chi connectivity index (χ1) is 11.1. The zero-order chi connectivity index (χ0) is 16.3. The molecule has 0 saturated heterocycles. The van der Waals surface area contributed by atoms with E-state index in [0.717, 1.165) is 0 Å². The van der Waals surface area contributed by atoms with E-state index in [2.05, 4.69) is 10.1 Å². The number of nitrogens with zero attached hydrogens (tertiary/aromatic N) is 3. The lowest BCUT2D eigenvalue weighted by atomic mass is 9.83. The Bertz CT molecular complexity index is 775. The highest BCUT2D eigenvalue weighted by Gasteiger charge is 2.34. The molecule has 0 radical (unpaired) electrons. The number of aromatic nitrogens is 3. The molecule has 23 heavy (non-hydrogen) atoms. The van der Waals surface area contributed by atoms with Gasteiger partial charge in [0.2, 0.25) is 0 Å². The maximum Gasteiger partial charge on any atom is 0.137 e. The van der Waals surface area contributed by atoms with Crippen LogP contribution in [0.15, 0.2) is 61.2 Å². The summed E-state index contributed by atoms with van der Waals surface area (Å²) in [4.78, 5) is 3.92. The third-order valence-corrected chi connectivity index (χ3v) is 4.06. The van der Waals surface area contributed by atoms with E-state index in [-0.39, 0.29) is 13.2 Å².